The van der Waals surface area contributed by atoms with Crippen molar-refractivity contribution in [2.45, 2.75) is 43.2 Å². The molecule has 3 atom stereocenters. The molecule has 3 aliphatic rings. The molecule has 1 aliphatic carbocycles. The van der Waals surface area contributed by atoms with Crippen molar-refractivity contribution in [2.24, 2.45) is 24.8 Å². The van der Waals surface area contributed by atoms with Crippen LogP contribution in [0, 0.1) is 17.8 Å². The average Bonchev–Trinajstić information content (AvgIpc) is 3.56. The van der Waals surface area contributed by atoms with E-state index in [1.54, 1.807) is 22.9 Å². The van der Waals surface area contributed by atoms with E-state index in [2.05, 4.69) is 41.2 Å². The second-order valence-corrected chi connectivity index (χ2v) is 11.8. The minimum absolute atomic E-state index is 0.0358. The van der Waals surface area contributed by atoms with E-state index < -0.39 is 11.7 Å². The molecule has 1 aromatic carbocycles. The molecule has 0 bridgehead atoms. The summed E-state index contributed by atoms with van der Waals surface area (Å²) in [5.74, 6) is 1.41. The Morgan fingerprint density at radius 3 is 2.42 bits per heavy atom. The number of aryl methyl sites for hydroxylation is 1. The monoisotopic (exact) mass is 524 g/mol. The number of alkyl halides is 3. The van der Waals surface area contributed by atoms with E-state index in [1.807, 2.05) is 13.2 Å². The van der Waals surface area contributed by atoms with Gasteiger partial charge in [0.2, 0.25) is 0 Å². The van der Waals surface area contributed by atoms with Crippen LogP contribution in [0.5, 0.6) is 0 Å². The number of rotatable bonds is 5. The number of benzene rings is 1. The Bertz CT molecular complexity index is 1310. The molecule has 0 amide bonds. The Hall–Kier alpha value is -2.59. The van der Waals surface area contributed by atoms with Crippen LogP contribution in [0.2, 0.25) is 0 Å². The van der Waals surface area contributed by atoms with Crippen molar-refractivity contribution in [1.29, 1.82) is 0 Å². The van der Waals surface area contributed by atoms with Gasteiger partial charge in [0.25, 0.3) is 0 Å². The van der Waals surface area contributed by atoms with Gasteiger partial charge in [-0.2, -0.15) is 18.3 Å². The van der Waals surface area contributed by atoms with E-state index in [4.69, 9.17) is 4.74 Å². The van der Waals surface area contributed by atoms with E-state index in [-0.39, 0.29) is 22.9 Å². The highest BCUT2D eigenvalue weighted by Gasteiger charge is 2.47. The highest BCUT2D eigenvalue weighted by molar-refractivity contribution is 6.40. The first-order chi connectivity index (χ1) is 18.1. The number of likely N-dealkylation sites (tertiary alicyclic amines) is 1. The predicted molar refractivity (Wildman–Crippen MR) is 145 cm³/mol. The smallest absolute Gasteiger partial charge is 0.381 e. The molecule has 200 valence electrons. The maximum Gasteiger partial charge on any atom is 0.420 e. The molecule has 4 heterocycles. The van der Waals surface area contributed by atoms with Gasteiger partial charge in [-0.25, -0.2) is 0 Å². The van der Waals surface area contributed by atoms with Gasteiger partial charge in [-0.05, 0) is 67.0 Å². The van der Waals surface area contributed by atoms with Crippen LogP contribution < -0.4 is 5.32 Å². The number of fused-ring (bicyclic) bond motifs is 2. The molecule has 7 nitrogen and oxygen atoms in total. The minimum Gasteiger partial charge on any atom is -0.381 e. The molecular formula is C26H33B2F3N6O. The van der Waals surface area contributed by atoms with Gasteiger partial charge in [0, 0.05) is 56.5 Å². The summed E-state index contributed by atoms with van der Waals surface area (Å²) in [6.45, 7) is 3.67. The van der Waals surface area contributed by atoms with Gasteiger partial charge in [0.15, 0.2) is 5.82 Å². The van der Waals surface area contributed by atoms with E-state index >= 15 is 0 Å². The quantitative estimate of drug-likeness (QED) is 0.518. The first kappa shape index (κ1) is 25.7. The summed E-state index contributed by atoms with van der Waals surface area (Å²) in [6.07, 6.45) is 1.18. The van der Waals surface area contributed by atoms with Crippen LogP contribution in [0.15, 0.2) is 30.5 Å². The summed E-state index contributed by atoms with van der Waals surface area (Å²) < 4.78 is 49.6. The molecule has 2 aliphatic heterocycles. The zero-order valence-corrected chi connectivity index (χ0v) is 22.1. The lowest BCUT2D eigenvalue weighted by molar-refractivity contribution is -0.137. The lowest BCUT2D eigenvalue weighted by Crippen LogP contribution is -2.56. The summed E-state index contributed by atoms with van der Waals surface area (Å²) in [7, 11) is 6.50. The molecule has 0 unspecified atom stereocenters. The summed E-state index contributed by atoms with van der Waals surface area (Å²) in [4.78, 5) is 2.61. The lowest BCUT2D eigenvalue weighted by atomic mass is 9.52. The van der Waals surface area contributed by atoms with E-state index in [1.165, 1.54) is 0 Å². The van der Waals surface area contributed by atoms with Crippen molar-refractivity contribution in [1.82, 2.24) is 24.9 Å². The molecule has 0 spiro atoms. The number of nitrogens with zero attached hydrogens (tertiary/aromatic N) is 5. The lowest BCUT2D eigenvalue weighted by Gasteiger charge is -2.45. The maximum atomic E-state index is 14.1. The van der Waals surface area contributed by atoms with Gasteiger partial charge in [0.1, 0.15) is 21.3 Å². The molecule has 2 saturated heterocycles. The Morgan fingerprint density at radius 2 is 1.74 bits per heavy atom. The van der Waals surface area contributed by atoms with Crippen molar-refractivity contribution >= 4 is 32.4 Å². The Balaban J connectivity index is 1.16. The number of hydrogen-bond acceptors (Lipinski definition) is 6. The largest absolute Gasteiger partial charge is 0.420 e. The molecular weight excluding hydrogens is 491 g/mol. The van der Waals surface area contributed by atoms with Crippen molar-refractivity contribution < 1.29 is 17.9 Å². The van der Waals surface area contributed by atoms with Crippen molar-refractivity contribution in [3.8, 4) is 11.3 Å². The third-order valence-corrected chi connectivity index (χ3v) is 9.14. The van der Waals surface area contributed by atoms with E-state index in [9.17, 15) is 13.2 Å². The first-order valence-corrected chi connectivity index (χ1v) is 13.6. The van der Waals surface area contributed by atoms with Crippen LogP contribution in [0.1, 0.15) is 31.2 Å². The Kier molecular flexibility index (Phi) is 6.45. The molecule has 1 N–H and O–H groups in total. The Labute approximate surface area is 222 Å². The van der Waals surface area contributed by atoms with E-state index in [0.29, 0.717) is 23.3 Å². The zero-order valence-electron chi connectivity index (χ0n) is 22.1. The topological polar surface area (TPSA) is 68.1 Å². The van der Waals surface area contributed by atoms with Crippen molar-refractivity contribution in [2.75, 3.05) is 31.6 Å². The highest BCUT2D eigenvalue weighted by Crippen LogP contribution is 2.44. The molecule has 0 radical (unpaired) electrons. The standard InChI is InChI=1S/C26H33B2F3N6O/c1-36-12-18-8-15(2-3-22(18)35-36)23-11-21(26(29,30)31)24(34-33-23)32-20-9-16-13-37(14-17(16)10-20)25(27,28)19-4-6-38-7-5-19/h2-3,8,11-12,16-17,19-20H,4-7,9-10,13-14,27-28H2,1H3,(H,32,34)/t16-,17+,20+. The van der Waals surface area contributed by atoms with Gasteiger partial charge in [0.05, 0.1) is 11.2 Å². The van der Waals surface area contributed by atoms with E-state index in [0.717, 1.165) is 69.0 Å². The molecule has 6 rings (SSSR count). The van der Waals surface area contributed by atoms with Gasteiger partial charge in [-0.15, -0.1) is 10.2 Å². The third kappa shape index (κ3) is 4.81. The number of aromatic nitrogens is 4. The van der Waals surface area contributed by atoms with Crippen LogP contribution >= 0.6 is 0 Å². The summed E-state index contributed by atoms with van der Waals surface area (Å²) >= 11 is 0. The highest BCUT2D eigenvalue weighted by atomic mass is 19.4. The fraction of sp³-hybridized carbons (Fsp3) is 0.577. The van der Waals surface area contributed by atoms with Crippen LogP contribution in [-0.2, 0) is 18.0 Å². The number of anilines is 1. The van der Waals surface area contributed by atoms with Gasteiger partial charge in [-0.3, -0.25) is 4.68 Å². The number of nitrogens with one attached hydrogen (secondary N) is 1. The van der Waals surface area contributed by atoms with Gasteiger partial charge < -0.3 is 15.0 Å². The summed E-state index contributed by atoms with van der Waals surface area (Å²) in [5, 5.41) is 16.7. The summed E-state index contributed by atoms with van der Waals surface area (Å²) in [5.41, 5.74) is 0.786. The third-order valence-electron chi connectivity index (χ3n) is 9.14. The van der Waals surface area contributed by atoms with Crippen molar-refractivity contribution in [3.63, 3.8) is 0 Å². The number of ether oxygens (including phenoxy) is 1. The first-order valence-electron chi connectivity index (χ1n) is 13.6. The molecule has 1 saturated carbocycles. The second-order valence-electron chi connectivity index (χ2n) is 11.8. The number of halogens is 3. The zero-order chi connectivity index (χ0) is 26.7. The fourth-order valence-corrected chi connectivity index (χ4v) is 6.91. The minimum atomic E-state index is -4.54. The Morgan fingerprint density at radius 1 is 1.03 bits per heavy atom. The predicted octanol–water partition coefficient (Wildman–Crippen LogP) is 2.52. The maximum absolute atomic E-state index is 14.1. The van der Waals surface area contributed by atoms with Gasteiger partial charge in [-0.1, -0.05) is 6.07 Å². The molecule has 12 heteroatoms. The molecule has 38 heavy (non-hydrogen) atoms. The molecule has 2 aromatic heterocycles. The van der Waals surface area contributed by atoms with Crippen LogP contribution in [0.25, 0.3) is 22.2 Å². The van der Waals surface area contributed by atoms with Crippen molar-refractivity contribution in [3.05, 3.63) is 36.0 Å². The normalized spacial score (nSPS) is 25.2. The van der Waals surface area contributed by atoms with Crippen LogP contribution in [0.3, 0.4) is 0 Å². The van der Waals surface area contributed by atoms with Crippen LogP contribution in [0.4, 0.5) is 19.0 Å². The van der Waals surface area contributed by atoms with Gasteiger partial charge >= 0.3 is 6.18 Å². The number of hydrogen-bond donors (Lipinski definition) is 1. The summed E-state index contributed by atoms with van der Waals surface area (Å²) in [6, 6.07) is 6.39. The molecule has 3 fully saturated rings. The second kappa shape index (κ2) is 9.55. The SMILES string of the molecule is BC(B)(C1CCOCC1)N1C[C@H]2C[C@H](Nc3nnc(-c4ccc5nn(C)cc5c4)cc3C(F)(F)F)C[C@H]2C1. The fourth-order valence-electron chi connectivity index (χ4n) is 6.91. The average molecular weight is 524 g/mol. The van der Waals surface area contributed by atoms with Crippen LogP contribution in [-0.4, -0.2) is 78.3 Å². The molecule has 3 aromatic rings.